The number of hydrogen-bond acceptors (Lipinski definition) is 4. The first-order chi connectivity index (χ1) is 14.0. The number of fused-ring (bicyclic) bond motifs is 4. The summed E-state index contributed by atoms with van der Waals surface area (Å²) < 4.78 is 3.52. The molecule has 0 bridgehead atoms. The van der Waals surface area contributed by atoms with Crippen molar-refractivity contribution in [1.29, 1.82) is 0 Å². The quantitative estimate of drug-likeness (QED) is 0.442. The zero-order valence-electron chi connectivity index (χ0n) is 16.0. The highest BCUT2D eigenvalue weighted by atomic mass is 35.5. The van der Waals surface area contributed by atoms with Gasteiger partial charge in [-0.25, -0.2) is 15.0 Å². The van der Waals surface area contributed by atoms with Gasteiger partial charge in [0.15, 0.2) is 11.3 Å². The van der Waals surface area contributed by atoms with E-state index in [9.17, 15) is 4.79 Å². The van der Waals surface area contributed by atoms with Gasteiger partial charge < -0.3 is 0 Å². The van der Waals surface area contributed by atoms with Crippen LogP contribution >= 0.6 is 11.6 Å². The molecule has 3 heterocycles. The molecule has 0 saturated carbocycles. The van der Waals surface area contributed by atoms with Gasteiger partial charge in [0.05, 0.1) is 17.4 Å². The molecule has 0 radical (unpaired) electrons. The molecule has 0 fully saturated rings. The van der Waals surface area contributed by atoms with Gasteiger partial charge in [-0.05, 0) is 42.3 Å². The predicted molar refractivity (Wildman–Crippen MR) is 116 cm³/mol. The zero-order valence-corrected chi connectivity index (χ0v) is 16.8. The highest BCUT2D eigenvalue weighted by molar-refractivity contribution is 6.30. The molecule has 0 aliphatic carbocycles. The number of rotatable bonds is 3. The molecule has 2 aromatic carbocycles. The Morgan fingerprint density at radius 1 is 0.966 bits per heavy atom. The smallest absolute Gasteiger partial charge is 0.265 e. The van der Waals surface area contributed by atoms with Gasteiger partial charge in [-0.3, -0.25) is 13.9 Å². The highest BCUT2D eigenvalue weighted by Crippen LogP contribution is 2.28. The summed E-state index contributed by atoms with van der Waals surface area (Å²) in [6, 6.07) is 15.0. The molecule has 5 aromatic rings. The molecule has 0 aliphatic rings. The number of nitrogens with zero attached hydrogens (tertiary/aromatic N) is 5. The SMILES string of the molecule is CC(C)Cn1cnc2c(c1=O)c1nc3ccccc3nc1n2-c1ccc(Cl)cc1. The maximum Gasteiger partial charge on any atom is 0.265 e. The molecule has 6 nitrogen and oxygen atoms in total. The highest BCUT2D eigenvalue weighted by Gasteiger charge is 2.21. The average molecular weight is 404 g/mol. The van der Waals surface area contributed by atoms with Gasteiger partial charge in [-0.1, -0.05) is 37.6 Å². The lowest BCUT2D eigenvalue weighted by atomic mass is 10.2. The van der Waals surface area contributed by atoms with Crippen LogP contribution in [-0.2, 0) is 6.54 Å². The Morgan fingerprint density at radius 2 is 1.66 bits per heavy atom. The van der Waals surface area contributed by atoms with Gasteiger partial charge >= 0.3 is 0 Å². The summed E-state index contributed by atoms with van der Waals surface area (Å²) in [6.07, 6.45) is 1.61. The second kappa shape index (κ2) is 6.67. The van der Waals surface area contributed by atoms with Gasteiger partial charge in [-0.15, -0.1) is 0 Å². The lowest BCUT2D eigenvalue weighted by Crippen LogP contribution is -2.23. The van der Waals surface area contributed by atoms with E-state index in [1.807, 2.05) is 53.1 Å². The third-order valence-electron chi connectivity index (χ3n) is 4.88. The monoisotopic (exact) mass is 403 g/mol. The molecule has 29 heavy (non-hydrogen) atoms. The minimum atomic E-state index is -0.106. The number of aromatic nitrogens is 5. The minimum absolute atomic E-state index is 0.106. The molecule has 0 atom stereocenters. The molecule has 144 valence electrons. The first-order valence-corrected chi connectivity index (χ1v) is 9.83. The minimum Gasteiger partial charge on any atom is -0.298 e. The summed E-state index contributed by atoms with van der Waals surface area (Å²) in [7, 11) is 0. The van der Waals surface area contributed by atoms with Crippen molar-refractivity contribution in [2.75, 3.05) is 0 Å². The largest absolute Gasteiger partial charge is 0.298 e. The van der Waals surface area contributed by atoms with E-state index in [0.717, 1.165) is 16.7 Å². The predicted octanol–water partition coefficient (Wildman–Crippen LogP) is 4.59. The number of benzene rings is 2. The normalized spacial score (nSPS) is 11.9. The van der Waals surface area contributed by atoms with Crippen LogP contribution in [0.25, 0.3) is 38.9 Å². The van der Waals surface area contributed by atoms with E-state index in [4.69, 9.17) is 21.6 Å². The van der Waals surface area contributed by atoms with Crippen molar-refractivity contribution in [3.63, 3.8) is 0 Å². The molecule has 7 heteroatoms. The van der Waals surface area contributed by atoms with Gasteiger partial charge in [-0.2, -0.15) is 0 Å². The Kier molecular flexibility index (Phi) is 4.10. The maximum absolute atomic E-state index is 13.3. The van der Waals surface area contributed by atoms with E-state index in [2.05, 4.69) is 18.8 Å². The van der Waals surface area contributed by atoms with Crippen molar-refractivity contribution in [3.05, 3.63) is 70.2 Å². The van der Waals surface area contributed by atoms with Crippen LogP contribution in [0.3, 0.4) is 0 Å². The first-order valence-electron chi connectivity index (χ1n) is 9.45. The molecule has 0 spiro atoms. The molecule has 0 amide bonds. The van der Waals surface area contributed by atoms with Crippen molar-refractivity contribution in [2.45, 2.75) is 20.4 Å². The van der Waals surface area contributed by atoms with Crippen molar-refractivity contribution in [2.24, 2.45) is 5.92 Å². The second-order valence-electron chi connectivity index (χ2n) is 7.49. The lowest BCUT2D eigenvalue weighted by molar-refractivity contribution is 0.508. The fraction of sp³-hybridized carbons (Fsp3) is 0.182. The molecule has 5 rings (SSSR count). The summed E-state index contributed by atoms with van der Waals surface area (Å²) in [4.78, 5) is 27.6. The topological polar surface area (TPSA) is 65.6 Å². The van der Waals surface area contributed by atoms with E-state index in [1.54, 1.807) is 10.9 Å². The van der Waals surface area contributed by atoms with Crippen LogP contribution in [0.2, 0.25) is 5.02 Å². The van der Waals surface area contributed by atoms with Crippen LogP contribution in [0.4, 0.5) is 0 Å². The summed E-state index contributed by atoms with van der Waals surface area (Å²) >= 11 is 6.08. The molecule has 0 aliphatic heterocycles. The van der Waals surface area contributed by atoms with Crippen LogP contribution in [0.1, 0.15) is 13.8 Å². The summed E-state index contributed by atoms with van der Waals surface area (Å²) in [6.45, 7) is 4.73. The van der Waals surface area contributed by atoms with Crippen LogP contribution in [0.5, 0.6) is 0 Å². The zero-order chi connectivity index (χ0) is 20.1. The van der Waals surface area contributed by atoms with Crippen molar-refractivity contribution in [1.82, 2.24) is 24.1 Å². The van der Waals surface area contributed by atoms with E-state index >= 15 is 0 Å². The first kappa shape index (κ1) is 17.8. The Hall–Kier alpha value is -3.25. The Labute approximate surface area is 171 Å². The van der Waals surface area contributed by atoms with Crippen LogP contribution in [0, 0.1) is 5.92 Å². The van der Waals surface area contributed by atoms with Crippen LogP contribution in [-0.4, -0.2) is 24.1 Å². The second-order valence-corrected chi connectivity index (χ2v) is 7.93. The van der Waals surface area contributed by atoms with Gasteiger partial charge in [0.25, 0.3) is 5.56 Å². The van der Waals surface area contributed by atoms with E-state index in [1.165, 1.54) is 0 Å². The summed E-state index contributed by atoms with van der Waals surface area (Å²) in [5.74, 6) is 0.323. The van der Waals surface area contributed by atoms with E-state index < -0.39 is 0 Å². The van der Waals surface area contributed by atoms with Gasteiger partial charge in [0.1, 0.15) is 10.9 Å². The fourth-order valence-electron chi connectivity index (χ4n) is 3.63. The fourth-order valence-corrected chi connectivity index (χ4v) is 3.76. The Bertz CT molecular complexity index is 1430. The molecule has 0 unspecified atom stereocenters. The summed E-state index contributed by atoms with van der Waals surface area (Å²) in [5.41, 5.74) is 3.94. The van der Waals surface area contributed by atoms with E-state index in [0.29, 0.717) is 39.7 Å². The average Bonchev–Trinajstić information content (AvgIpc) is 3.02. The molecule has 0 N–H and O–H groups in total. The molecular formula is C22H18ClN5O. The third kappa shape index (κ3) is 2.87. The van der Waals surface area contributed by atoms with Crippen molar-refractivity contribution < 1.29 is 0 Å². The van der Waals surface area contributed by atoms with Crippen molar-refractivity contribution in [3.8, 4) is 5.69 Å². The number of para-hydroxylation sites is 2. The number of hydrogen-bond donors (Lipinski definition) is 0. The molecule has 0 saturated heterocycles. The molecular weight excluding hydrogens is 386 g/mol. The van der Waals surface area contributed by atoms with Crippen molar-refractivity contribution >= 4 is 44.8 Å². The molecule has 3 aromatic heterocycles. The Balaban J connectivity index is 1.95. The Morgan fingerprint density at radius 3 is 2.34 bits per heavy atom. The van der Waals surface area contributed by atoms with Crippen LogP contribution < -0.4 is 5.56 Å². The van der Waals surface area contributed by atoms with Crippen LogP contribution in [0.15, 0.2) is 59.7 Å². The van der Waals surface area contributed by atoms with Gasteiger partial charge in [0.2, 0.25) is 0 Å². The number of halogens is 1. The lowest BCUT2D eigenvalue weighted by Gasteiger charge is -2.09. The standard InChI is InChI=1S/C22H18ClN5O/c1-13(2)11-27-12-24-20-18(22(27)29)19-21(26-17-6-4-3-5-16(17)25-19)28(20)15-9-7-14(23)8-10-15/h3-10,12-13H,11H2,1-2H3. The maximum atomic E-state index is 13.3. The summed E-state index contributed by atoms with van der Waals surface area (Å²) in [5, 5.41) is 1.12. The van der Waals surface area contributed by atoms with E-state index in [-0.39, 0.29) is 5.56 Å². The third-order valence-corrected chi connectivity index (χ3v) is 5.13. The van der Waals surface area contributed by atoms with Gasteiger partial charge in [0, 0.05) is 17.3 Å².